The van der Waals surface area contributed by atoms with Crippen LogP contribution >= 0.6 is 24.0 Å². The zero-order chi connectivity index (χ0) is 22.6. The number of nitrogens with one attached hydrogen (secondary N) is 2. The van der Waals surface area contributed by atoms with Crippen LogP contribution in [0.1, 0.15) is 49.5 Å². The first kappa shape index (κ1) is 28.6. The Kier molecular flexibility index (Phi) is 13.8. The van der Waals surface area contributed by atoms with Crippen molar-refractivity contribution in [2.24, 2.45) is 4.99 Å². The lowest BCUT2D eigenvalue weighted by Crippen LogP contribution is -2.49. The fraction of sp³-hybridized carbons (Fsp3) is 0.667. The van der Waals surface area contributed by atoms with E-state index in [-0.39, 0.29) is 29.9 Å². The van der Waals surface area contributed by atoms with Crippen molar-refractivity contribution in [2.45, 2.75) is 52.2 Å². The molecule has 7 nitrogen and oxygen atoms in total. The third kappa shape index (κ3) is 10.5. The van der Waals surface area contributed by atoms with Crippen molar-refractivity contribution < 1.29 is 9.53 Å². The van der Waals surface area contributed by atoms with Crippen LogP contribution < -0.4 is 10.6 Å². The minimum atomic E-state index is 0. The summed E-state index contributed by atoms with van der Waals surface area (Å²) in [6, 6.07) is 8.28. The molecule has 182 valence electrons. The first-order valence-electron chi connectivity index (χ1n) is 11.6. The number of aliphatic imine (C=N–C) groups is 1. The maximum Gasteiger partial charge on any atom is 0.253 e. The molecule has 0 atom stereocenters. The fourth-order valence-corrected chi connectivity index (χ4v) is 3.65. The molecule has 1 aromatic carbocycles. The molecular weight excluding hydrogens is 517 g/mol. The molecule has 1 aliphatic rings. The van der Waals surface area contributed by atoms with Crippen molar-refractivity contribution in [1.82, 2.24) is 20.4 Å². The Hall–Kier alpha value is -1.39. The Labute approximate surface area is 211 Å². The maximum atomic E-state index is 12.2. The number of benzene rings is 1. The summed E-state index contributed by atoms with van der Waals surface area (Å²) in [5.74, 6) is 0.909. The number of halogens is 1. The highest BCUT2D eigenvalue weighted by Gasteiger charge is 2.19. The Morgan fingerprint density at radius 1 is 1.28 bits per heavy atom. The summed E-state index contributed by atoms with van der Waals surface area (Å²) in [7, 11) is 3.55. The lowest BCUT2D eigenvalue weighted by molar-refractivity contribution is 0.0532. The molecule has 0 radical (unpaired) electrons. The van der Waals surface area contributed by atoms with Gasteiger partial charge >= 0.3 is 0 Å². The van der Waals surface area contributed by atoms with Gasteiger partial charge in [-0.2, -0.15) is 0 Å². The van der Waals surface area contributed by atoms with Gasteiger partial charge in [0.2, 0.25) is 0 Å². The Morgan fingerprint density at radius 3 is 2.62 bits per heavy atom. The normalized spacial score (nSPS) is 15.4. The van der Waals surface area contributed by atoms with Gasteiger partial charge < -0.3 is 25.2 Å². The quantitative estimate of drug-likeness (QED) is 0.262. The molecule has 32 heavy (non-hydrogen) atoms. The van der Waals surface area contributed by atoms with Crippen LogP contribution in [0.4, 0.5) is 0 Å². The fourth-order valence-electron chi connectivity index (χ4n) is 3.65. The highest BCUT2D eigenvalue weighted by molar-refractivity contribution is 14.0. The molecule has 1 saturated heterocycles. The van der Waals surface area contributed by atoms with Gasteiger partial charge in [-0.3, -0.25) is 9.79 Å². The molecule has 1 aromatic rings. The van der Waals surface area contributed by atoms with Crippen LogP contribution in [0.5, 0.6) is 0 Å². The second kappa shape index (κ2) is 15.4. The first-order valence-corrected chi connectivity index (χ1v) is 11.6. The van der Waals surface area contributed by atoms with Gasteiger partial charge in [-0.05, 0) is 57.7 Å². The summed E-state index contributed by atoms with van der Waals surface area (Å²) in [6.07, 6.45) is 3.33. The third-order valence-corrected chi connectivity index (χ3v) is 5.38. The van der Waals surface area contributed by atoms with Crippen LogP contribution in [0.3, 0.4) is 0 Å². The van der Waals surface area contributed by atoms with Crippen LogP contribution in [0.25, 0.3) is 0 Å². The summed E-state index contributed by atoms with van der Waals surface area (Å²) in [4.78, 5) is 21.0. The number of likely N-dealkylation sites (tertiary alicyclic amines) is 1. The molecular formula is C24H42IN5O2. The number of rotatable bonds is 10. The molecule has 2 N–H and O–H groups in total. The molecule has 0 unspecified atom stereocenters. The lowest BCUT2D eigenvalue weighted by Gasteiger charge is -2.33. The van der Waals surface area contributed by atoms with Crippen molar-refractivity contribution in [3.63, 3.8) is 0 Å². The van der Waals surface area contributed by atoms with Crippen LogP contribution in [0.2, 0.25) is 0 Å². The predicted octanol–water partition coefficient (Wildman–Crippen LogP) is 2.99. The van der Waals surface area contributed by atoms with E-state index < -0.39 is 0 Å². The Balaban J connectivity index is 0.00000512. The summed E-state index contributed by atoms with van der Waals surface area (Å²) < 4.78 is 5.67. The van der Waals surface area contributed by atoms with Crippen molar-refractivity contribution in [1.29, 1.82) is 0 Å². The molecule has 2 rings (SSSR count). The average Bonchev–Trinajstić information content (AvgIpc) is 2.74. The van der Waals surface area contributed by atoms with E-state index in [9.17, 15) is 4.79 Å². The molecule has 1 fully saturated rings. The van der Waals surface area contributed by atoms with Crippen LogP contribution in [-0.4, -0.2) is 87.2 Å². The van der Waals surface area contributed by atoms with E-state index in [2.05, 4.69) is 42.4 Å². The van der Waals surface area contributed by atoms with E-state index in [1.165, 1.54) is 0 Å². The van der Waals surface area contributed by atoms with E-state index >= 15 is 0 Å². The number of amides is 1. The van der Waals surface area contributed by atoms with Gasteiger partial charge in [-0.1, -0.05) is 12.1 Å². The lowest BCUT2D eigenvalue weighted by atomic mass is 10.1. The van der Waals surface area contributed by atoms with Crippen LogP contribution in [-0.2, 0) is 11.2 Å². The maximum absolute atomic E-state index is 12.2. The van der Waals surface area contributed by atoms with Gasteiger partial charge in [0.05, 0.1) is 12.7 Å². The Bertz CT molecular complexity index is 703. The molecule has 8 heteroatoms. The van der Waals surface area contributed by atoms with Gasteiger partial charge in [0.25, 0.3) is 5.91 Å². The Morgan fingerprint density at radius 2 is 2.00 bits per heavy atom. The second-order valence-corrected chi connectivity index (χ2v) is 8.59. The zero-order valence-corrected chi connectivity index (χ0v) is 22.7. The van der Waals surface area contributed by atoms with E-state index in [0.717, 1.165) is 69.1 Å². The van der Waals surface area contributed by atoms with E-state index in [1.54, 1.807) is 19.0 Å². The number of carbonyl (C=O) groups is 1. The highest BCUT2D eigenvalue weighted by atomic mass is 127. The predicted molar refractivity (Wildman–Crippen MR) is 143 cm³/mol. The van der Waals surface area contributed by atoms with Crippen molar-refractivity contribution >= 4 is 35.8 Å². The number of guanidine groups is 1. The number of nitrogens with zero attached hydrogens (tertiary/aromatic N) is 3. The van der Waals surface area contributed by atoms with Gasteiger partial charge in [-0.25, -0.2) is 0 Å². The number of hydrogen-bond donors (Lipinski definition) is 2. The molecule has 0 bridgehead atoms. The molecule has 1 heterocycles. The van der Waals surface area contributed by atoms with Gasteiger partial charge in [0.1, 0.15) is 0 Å². The minimum Gasteiger partial charge on any atom is -0.377 e. The van der Waals surface area contributed by atoms with Crippen LogP contribution in [0.15, 0.2) is 29.3 Å². The average molecular weight is 560 g/mol. The topological polar surface area (TPSA) is 69.2 Å². The zero-order valence-electron chi connectivity index (χ0n) is 20.4. The van der Waals surface area contributed by atoms with Gasteiger partial charge in [0, 0.05) is 58.4 Å². The molecule has 0 spiro atoms. The van der Waals surface area contributed by atoms with E-state index in [0.29, 0.717) is 18.7 Å². The van der Waals surface area contributed by atoms with Crippen molar-refractivity contribution in [2.75, 3.05) is 53.4 Å². The van der Waals surface area contributed by atoms with Crippen molar-refractivity contribution in [3.8, 4) is 0 Å². The van der Waals surface area contributed by atoms with Gasteiger partial charge in [0.15, 0.2) is 5.96 Å². The minimum absolute atomic E-state index is 0. The van der Waals surface area contributed by atoms with Crippen LogP contribution in [0, 0.1) is 0 Å². The number of piperidine rings is 1. The molecule has 1 amide bonds. The molecule has 0 saturated carbocycles. The highest BCUT2D eigenvalue weighted by Crippen LogP contribution is 2.11. The van der Waals surface area contributed by atoms with Crippen molar-refractivity contribution in [3.05, 3.63) is 35.4 Å². The number of ether oxygens (including phenoxy) is 1. The number of hydrogen-bond acceptors (Lipinski definition) is 4. The SMILES string of the molecule is CCNC(=NCCc1cccc(C(=O)N(C)C)c1)NC1CCN(CCOC(C)C)CC1.I. The third-order valence-electron chi connectivity index (χ3n) is 5.38. The molecule has 1 aliphatic heterocycles. The van der Waals surface area contributed by atoms with Gasteiger partial charge in [-0.15, -0.1) is 24.0 Å². The summed E-state index contributed by atoms with van der Waals surface area (Å²) >= 11 is 0. The summed E-state index contributed by atoms with van der Waals surface area (Å²) in [6.45, 7) is 11.8. The van der Waals surface area contributed by atoms with E-state index in [1.807, 2.05) is 18.2 Å². The van der Waals surface area contributed by atoms with E-state index in [4.69, 9.17) is 9.73 Å². The first-order chi connectivity index (χ1) is 14.9. The smallest absolute Gasteiger partial charge is 0.253 e. The monoisotopic (exact) mass is 559 g/mol. The molecule has 0 aliphatic carbocycles. The second-order valence-electron chi connectivity index (χ2n) is 8.59. The number of carbonyl (C=O) groups excluding carboxylic acids is 1. The summed E-state index contributed by atoms with van der Waals surface area (Å²) in [5.41, 5.74) is 1.85. The standard InChI is InChI=1S/C24H41N5O2.HI/c1-6-25-24(27-22-11-14-29(15-12-22)16-17-31-19(2)3)26-13-10-20-8-7-9-21(18-20)23(30)28(4)5;/h7-9,18-19,22H,6,10-17H2,1-5H3,(H2,25,26,27);1H. The largest absolute Gasteiger partial charge is 0.377 e. The molecule has 0 aromatic heterocycles. The summed E-state index contributed by atoms with van der Waals surface area (Å²) in [5, 5.41) is 6.97.